The summed E-state index contributed by atoms with van der Waals surface area (Å²) in [7, 11) is 0. The number of phenols is 1. The number of hydrogen-bond donors (Lipinski definition) is 1. The second-order valence-electron chi connectivity index (χ2n) is 8.85. The van der Waals surface area contributed by atoms with Crippen molar-refractivity contribution in [3.8, 4) is 33.8 Å². The number of aromatic hydroxyl groups is 1. The van der Waals surface area contributed by atoms with Crippen molar-refractivity contribution in [1.82, 2.24) is 0 Å². The monoisotopic (exact) mass is 512 g/mol. The van der Waals surface area contributed by atoms with Gasteiger partial charge in [0, 0.05) is 18.4 Å². The number of aryl methyl sites for hydroxylation is 2. The molecule has 0 aliphatic carbocycles. The van der Waals surface area contributed by atoms with E-state index >= 15 is 0 Å². The molecule has 188 valence electrons. The lowest BCUT2D eigenvalue weighted by Crippen LogP contribution is -2.09. The largest absolute Gasteiger partial charge is 0.506 e. The van der Waals surface area contributed by atoms with Gasteiger partial charge in [0.2, 0.25) is 0 Å². The van der Waals surface area contributed by atoms with E-state index in [0.717, 1.165) is 23.1 Å². The Kier molecular flexibility index (Phi) is 8.42. The molecular formula is C32H29ClO4. The molecule has 4 nitrogen and oxygen atoms in total. The quantitative estimate of drug-likeness (QED) is 0.140. The summed E-state index contributed by atoms with van der Waals surface area (Å²) in [5.74, 6) is -0.280. The van der Waals surface area contributed by atoms with Gasteiger partial charge in [-0.25, -0.2) is 0 Å². The minimum Gasteiger partial charge on any atom is -0.506 e. The maximum Gasteiger partial charge on any atom is 0.311 e. The topological polar surface area (TPSA) is 63.6 Å². The van der Waals surface area contributed by atoms with Gasteiger partial charge >= 0.3 is 5.97 Å². The summed E-state index contributed by atoms with van der Waals surface area (Å²) in [4.78, 5) is 24.4. The molecular weight excluding hydrogens is 484 g/mol. The number of carbonyl (C=O) groups excluding carboxylic acids is 2. The van der Waals surface area contributed by atoms with Crippen LogP contribution in [0.4, 0.5) is 0 Å². The van der Waals surface area contributed by atoms with E-state index in [4.69, 9.17) is 16.3 Å². The van der Waals surface area contributed by atoms with Gasteiger partial charge in [-0.2, -0.15) is 0 Å². The van der Waals surface area contributed by atoms with Crippen molar-refractivity contribution in [3.05, 3.63) is 107 Å². The molecule has 5 heteroatoms. The lowest BCUT2D eigenvalue weighted by molar-refractivity contribution is -0.134. The summed E-state index contributed by atoms with van der Waals surface area (Å²) in [5, 5.41) is 10.5. The first-order chi connectivity index (χ1) is 17.9. The van der Waals surface area contributed by atoms with Crippen LogP contribution in [0, 0.1) is 0 Å². The fraction of sp³-hybridized carbons (Fsp3) is 0.188. The third kappa shape index (κ3) is 6.28. The molecule has 0 fully saturated rings. The first-order valence-electron chi connectivity index (χ1n) is 12.4. The highest BCUT2D eigenvalue weighted by Gasteiger charge is 2.16. The Labute approximate surface area is 222 Å². The number of hydrogen-bond acceptors (Lipinski definition) is 4. The maximum atomic E-state index is 12.4. The lowest BCUT2D eigenvalue weighted by Gasteiger charge is -2.11. The lowest BCUT2D eigenvalue weighted by atomic mass is 10.00. The Hall–Kier alpha value is -3.89. The van der Waals surface area contributed by atoms with Gasteiger partial charge in [0.05, 0.1) is 10.6 Å². The van der Waals surface area contributed by atoms with Crippen LogP contribution in [0.15, 0.2) is 84.9 Å². The van der Waals surface area contributed by atoms with Crippen LogP contribution in [0.1, 0.15) is 48.2 Å². The number of carbonyl (C=O) groups is 2. The summed E-state index contributed by atoms with van der Waals surface area (Å²) < 4.78 is 5.49. The Bertz CT molecular complexity index is 1390. The zero-order valence-electron chi connectivity index (χ0n) is 21.0. The van der Waals surface area contributed by atoms with E-state index in [1.54, 1.807) is 43.3 Å². The third-order valence-corrected chi connectivity index (χ3v) is 6.78. The van der Waals surface area contributed by atoms with Crippen LogP contribution < -0.4 is 4.74 Å². The smallest absolute Gasteiger partial charge is 0.311 e. The zero-order chi connectivity index (χ0) is 26.4. The summed E-state index contributed by atoms with van der Waals surface area (Å²) in [6.07, 6.45) is 2.15. The van der Waals surface area contributed by atoms with Crippen molar-refractivity contribution in [1.29, 1.82) is 0 Å². The van der Waals surface area contributed by atoms with Crippen molar-refractivity contribution in [3.63, 3.8) is 0 Å². The first kappa shape index (κ1) is 26.2. The van der Waals surface area contributed by atoms with Crippen molar-refractivity contribution < 1.29 is 19.4 Å². The maximum absolute atomic E-state index is 12.4. The summed E-state index contributed by atoms with van der Waals surface area (Å²) in [6.45, 7) is 3.87. The van der Waals surface area contributed by atoms with Crippen LogP contribution in [-0.4, -0.2) is 16.9 Å². The molecule has 0 radical (unpaired) electrons. The van der Waals surface area contributed by atoms with E-state index in [1.165, 1.54) is 11.1 Å². The first-order valence-corrected chi connectivity index (χ1v) is 12.8. The number of benzene rings is 4. The van der Waals surface area contributed by atoms with Crippen LogP contribution in [0.3, 0.4) is 0 Å². The molecule has 4 rings (SSSR count). The number of ketones is 1. The van der Waals surface area contributed by atoms with Gasteiger partial charge in [-0.3, -0.25) is 9.59 Å². The van der Waals surface area contributed by atoms with Crippen molar-refractivity contribution in [2.75, 3.05) is 0 Å². The van der Waals surface area contributed by atoms with Crippen molar-refractivity contribution in [2.45, 2.75) is 39.5 Å². The van der Waals surface area contributed by atoms with Crippen LogP contribution >= 0.6 is 11.6 Å². The molecule has 0 amide bonds. The van der Waals surface area contributed by atoms with Crippen molar-refractivity contribution in [2.24, 2.45) is 0 Å². The second-order valence-corrected chi connectivity index (χ2v) is 9.22. The molecule has 0 saturated heterocycles. The number of ether oxygens (including phenoxy) is 1. The average Bonchev–Trinajstić information content (AvgIpc) is 2.94. The van der Waals surface area contributed by atoms with Gasteiger partial charge in [-0.05, 0) is 58.9 Å². The Morgan fingerprint density at radius 1 is 0.757 bits per heavy atom. The molecule has 0 atom stereocenters. The van der Waals surface area contributed by atoms with Gasteiger partial charge in [0.15, 0.2) is 5.78 Å². The molecule has 0 bridgehead atoms. The highest BCUT2D eigenvalue weighted by molar-refractivity contribution is 6.35. The molecule has 0 saturated carbocycles. The minimum atomic E-state index is -0.315. The summed E-state index contributed by atoms with van der Waals surface area (Å²) in [6, 6.07) is 27.0. The van der Waals surface area contributed by atoms with Crippen LogP contribution in [0.2, 0.25) is 5.02 Å². The normalized spacial score (nSPS) is 10.8. The number of Topliss-reactive ketones (excluding diaryl/α,β-unsaturated/α-hetero) is 1. The zero-order valence-corrected chi connectivity index (χ0v) is 21.7. The van der Waals surface area contributed by atoms with Gasteiger partial charge < -0.3 is 9.84 Å². The van der Waals surface area contributed by atoms with E-state index < -0.39 is 0 Å². The molecule has 0 aliphatic heterocycles. The average molecular weight is 513 g/mol. The third-order valence-electron chi connectivity index (χ3n) is 6.40. The molecule has 1 N–H and O–H groups in total. The fourth-order valence-electron chi connectivity index (χ4n) is 4.13. The fourth-order valence-corrected chi connectivity index (χ4v) is 4.41. The Morgan fingerprint density at radius 2 is 1.32 bits per heavy atom. The molecule has 4 aromatic rings. The predicted molar refractivity (Wildman–Crippen MR) is 148 cm³/mol. The standard InChI is InChI=1S/C32H29ClO4/c1-3-21-5-10-23(11-6-21)24-12-7-22(8-13-24)9-20-30(35)37-26-16-14-25(15-17-26)27-18-19-28(29(34)4-2)32(36)31(27)33/h5-8,10-19,36H,3-4,9,20H2,1-2H3. The van der Waals surface area contributed by atoms with Crippen molar-refractivity contribution >= 4 is 23.4 Å². The van der Waals surface area contributed by atoms with E-state index in [1.807, 2.05) is 12.1 Å². The number of esters is 1. The number of phenolic OH excluding ortho intramolecular Hbond substituents is 1. The molecule has 0 heterocycles. The number of rotatable bonds is 9. The minimum absolute atomic E-state index is 0.119. The second kappa shape index (κ2) is 11.9. The Morgan fingerprint density at radius 3 is 1.89 bits per heavy atom. The molecule has 0 aromatic heterocycles. The van der Waals surface area contributed by atoms with E-state index in [9.17, 15) is 14.7 Å². The van der Waals surface area contributed by atoms with Gasteiger partial charge in [-0.1, -0.05) is 92.2 Å². The summed E-state index contributed by atoms with van der Waals surface area (Å²) in [5.41, 5.74) is 6.25. The molecule has 0 unspecified atom stereocenters. The molecule has 37 heavy (non-hydrogen) atoms. The highest BCUT2D eigenvalue weighted by Crippen LogP contribution is 2.38. The molecule has 4 aromatic carbocycles. The van der Waals surface area contributed by atoms with Gasteiger partial charge in [0.25, 0.3) is 0 Å². The predicted octanol–water partition coefficient (Wildman–Crippen LogP) is 8.07. The van der Waals surface area contributed by atoms with Crippen LogP contribution in [0.25, 0.3) is 22.3 Å². The SMILES string of the molecule is CCC(=O)c1ccc(-c2ccc(OC(=O)CCc3ccc(-c4ccc(CC)cc4)cc3)cc2)c(Cl)c1O. The van der Waals surface area contributed by atoms with Crippen LogP contribution in [0.5, 0.6) is 11.5 Å². The van der Waals surface area contributed by atoms with Gasteiger partial charge in [-0.15, -0.1) is 0 Å². The van der Waals surface area contributed by atoms with E-state index in [0.29, 0.717) is 17.7 Å². The molecule has 0 aliphatic rings. The summed E-state index contributed by atoms with van der Waals surface area (Å²) >= 11 is 6.33. The highest BCUT2D eigenvalue weighted by atomic mass is 35.5. The number of halogens is 1. The van der Waals surface area contributed by atoms with E-state index in [-0.39, 0.29) is 40.9 Å². The van der Waals surface area contributed by atoms with Gasteiger partial charge in [0.1, 0.15) is 11.5 Å². The van der Waals surface area contributed by atoms with E-state index in [2.05, 4.69) is 43.3 Å². The Balaban J connectivity index is 1.34. The molecule has 0 spiro atoms. The van der Waals surface area contributed by atoms with Crippen LogP contribution in [-0.2, 0) is 17.6 Å².